The molecule has 0 radical (unpaired) electrons. The third-order valence-electron chi connectivity index (χ3n) is 6.04. The fourth-order valence-electron chi connectivity index (χ4n) is 4.77. The molecule has 0 spiro atoms. The molecule has 3 heteroatoms. The second-order valence-corrected chi connectivity index (χ2v) is 7.44. The second kappa shape index (κ2) is 6.64. The maximum absolute atomic E-state index is 12.9. The molecule has 1 aromatic rings. The SMILES string of the molecule is O=C(c1ccc(C2CCCOC2)cc1)N1CCCC2CCCC21. The average Bonchev–Trinajstić information content (AvgIpc) is 3.11. The maximum atomic E-state index is 12.9. The van der Waals surface area contributed by atoms with Crippen molar-refractivity contribution in [3.8, 4) is 0 Å². The summed E-state index contributed by atoms with van der Waals surface area (Å²) in [7, 11) is 0. The predicted molar refractivity (Wildman–Crippen MR) is 90.6 cm³/mol. The molecule has 4 rings (SSSR count). The molecule has 1 amide bonds. The average molecular weight is 313 g/mol. The van der Waals surface area contributed by atoms with Gasteiger partial charge in [0.25, 0.3) is 5.91 Å². The molecular weight excluding hydrogens is 286 g/mol. The minimum absolute atomic E-state index is 0.244. The summed E-state index contributed by atoms with van der Waals surface area (Å²) in [5.41, 5.74) is 2.18. The minimum Gasteiger partial charge on any atom is -0.381 e. The first kappa shape index (κ1) is 15.2. The first-order valence-corrected chi connectivity index (χ1v) is 9.31. The minimum atomic E-state index is 0.244. The molecule has 3 fully saturated rings. The Morgan fingerprint density at radius 3 is 2.61 bits per heavy atom. The summed E-state index contributed by atoms with van der Waals surface area (Å²) in [5, 5.41) is 0. The monoisotopic (exact) mass is 313 g/mol. The van der Waals surface area contributed by atoms with Crippen molar-refractivity contribution in [2.45, 2.75) is 56.9 Å². The first-order chi connectivity index (χ1) is 11.3. The van der Waals surface area contributed by atoms with Gasteiger partial charge < -0.3 is 9.64 Å². The molecule has 2 heterocycles. The number of ether oxygens (including phenoxy) is 1. The zero-order valence-electron chi connectivity index (χ0n) is 13.9. The van der Waals surface area contributed by atoms with Gasteiger partial charge in [-0.25, -0.2) is 0 Å². The molecule has 1 saturated carbocycles. The lowest BCUT2D eigenvalue weighted by Crippen LogP contribution is -2.46. The van der Waals surface area contributed by atoms with E-state index in [9.17, 15) is 4.79 Å². The Labute approximate surface area is 139 Å². The van der Waals surface area contributed by atoms with Gasteiger partial charge in [-0.1, -0.05) is 18.6 Å². The van der Waals surface area contributed by atoms with Gasteiger partial charge in [0, 0.05) is 30.7 Å². The number of hydrogen-bond donors (Lipinski definition) is 0. The van der Waals surface area contributed by atoms with Crippen LogP contribution in [0.5, 0.6) is 0 Å². The van der Waals surface area contributed by atoms with Crippen LogP contribution < -0.4 is 0 Å². The fourth-order valence-corrected chi connectivity index (χ4v) is 4.77. The Balaban J connectivity index is 1.47. The Morgan fingerprint density at radius 2 is 1.83 bits per heavy atom. The Bertz CT molecular complexity index is 547. The van der Waals surface area contributed by atoms with Crippen molar-refractivity contribution < 1.29 is 9.53 Å². The molecule has 0 N–H and O–H groups in total. The quantitative estimate of drug-likeness (QED) is 0.826. The lowest BCUT2D eigenvalue weighted by Gasteiger charge is -2.38. The number of carbonyl (C=O) groups excluding carboxylic acids is 1. The van der Waals surface area contributed by atoms with Crippen LogP contribution in [0, 0.1) is 5.92 Å². The number of piperidine rings is 1. The van der Waals surface area contributed by atoms with Gasteiger partial charge in [0.05, 0.1) is 6.61 Å². The van der Waals surface area contributed by atoms with Gasteiger partial charge in [-0.15, -0.1) is 0 Å². The van der Waals surface area contributed by atoms with E-state index >= 15 is 0 Å². The molecule has 2 aliphatic heterocycles. The summed E-state index contributed by atoms with van der Waals surface area (Å²) in [5.74, 6) is 1.50. The van der Waals surface area contributed by atoms with Crippen LogP contribution in [0.2, 0.25) is 0 Å². The van der Waals surface area contributed by atoms with Crippen LogP contribution >= 0.6 is 0 Å². The van der Waals surface area contributed by atoms with Gasteiger partial charge in [0.2, 0.25) is 0 Å². The molecule has 0 aromatic heterocycles. The van der Waals surface area contributed by atoms with Gasteiger partial charge in [0.15, 0.2) is 0 Å². The number of amides is 1. The Morgan fingerprint density at radius 1 is 1.00 bits per heavy atom. The van der Waals surface area contributed by atoms with Crippen LogP contribution in [-0.4, -0.2) is 36.6 Å². The van der Waals surface area contributed by atoms with E-state index in [0.29, 0.717) is 12.0 Å². The maximum Gasteiger partial charge on any atom is 0.254 e. The summed E-state index contributed by atoms with van der Waals surface area (Å²) in [6, 6.07) is 8.85. The number of likely N-dealkylation sites (tertiary alicyclic amines) is 1. The number of fused-ring (bicyclic) bond motifs is 1. The molecule has 3 aliphatic rings. The lowest BCUT2D eigenvalue weighted by molar-refractivity contribution is 0.0548. The van der Waals surface area contributed by atoms with E-state index in [1.807, 2.05) is 12.1 Å². The van der Waals surface area contributed by atoms with Crippen LogP contribution in [0.25, 0.3) is 0 Å². The van der Waals surface area contributed by atoms with Crippen molar-refractivity contribution in [2.24, 2.45) is 5.92 Å². The van der Waals surface area contributed by atoms with E-state index < -0.39 is 0 Å². The summed E-state index contributed by atoms with van der Waals surface area (Å²) >= 11 is 0. The molecule has 3 unspecified atom stereocenters. The van der Waals surface area contributed by atoms with E-state index in [1.54, 1.807) is 0 Å². The zero-order chi connectivity index (χ0) is 15.6. The topological polar surface area (TPSA) is 29.5 Å². The van der Waals surface area contributed by atoms with Crippen molar-refractivity contribution >= 4 is 5.91 Å². The zero-order valence-corrected chi connectivity index (χ0v) is 13.9. The molecule has 1 aliphatic carbocycles. The summed E-state index contributed by atoms with van der Waals surface area (Å²) < 4.78 is 5.58. The summed E-state index contributed by atoms with van der Waals surface area (Å²) in [6.07, 6.45) is 8.63. The number of hydrogen-bond acceptors (Lipinski definition) is 2. The van der Waals surface area contributed by atoms with Crippen LogP contribution in [0.1, 0.15) is 66.8 Å². The van der Waals surface area contributed by atoms with Crippen LogP contribution in [-0.2, 0) is 4.74 Å². The van der Waals surface area contributed by atoms with Crippen molar-refractivity contribution in [2.75, 3.05) is 19.8 Å². The third kappa shape index (κ3) is 3.03. The van der Waals surface area contributed by atoms with Crippen LogP contribution in [0.4, 0.5) is 0 Å². The lowest BCUT2D eigenvalue weighted by atomic mass is 9.90. The van der Waals surface area contributed by atoms with Gasteiger partial charge in [-0.3, -0.25) is 4.79 Å². The van der Waals surface area contributed by atoms with Crippen molar-refractivity contribution in [3.63, 3.8) is 0 Å². The molecule has 1 aromatic carbocycles. The van der Waals surface area contributed by atoms with Crippen LogP contribution in [0.15, 0.2) is 24.3 Å². The van der Waals surface area contributed by atoms with Crippen molar-refractivity contribution in [3.05, 3.63) is 35.4 Å². The van der Waals surface area contributed by atoms with Gasteiger partial charge in [-0.05, 0) is 62.1 Å². The number of rotatable bonds is 2. The van der Waals surface area contributed by atoms with Gasteiger partial charge >= 0.3 is 0 Å². The highest BCUT2D eigenvalue weighted by Gasteiger charge is 2.37. The Hall–Kier alpha value is -1.35. The van der Waals surface area contributed by atoms with Gasteiger partial charge in [-0.2, -0.15) is 0 Å². The highest BCUT2D eigenvalue weighted by molar-refractivity contribution is 5.94. The highest BCUT2D eigenvalue weighted by Crippen LogP contribution is 2.37. The Kier molecular flexibility index (Phi) is 4.39. The van der Waals surface area contributed by atoms with E-state index in [2.05, 4.69) is 17.0 Å². The smallest absolute Gasteiger partial charge is 0.254 e. The van der Waals surface area contributed by atoms with Gasteiger partial charge in [0.1, 0.15) is 0 Å². The van der Waals surface area contributed by atoms with E-state index in [4.69, 9.17) is 4.74 Å². The molecule has 23 heavy (non-hydrogen) atoms. The predicted octanol–water partition coefficient (Wildman–Crippen LogP) is 3.99. The third-order valence-corrected chi connectivity index (χ3v) is 6.04. The molecule has 3 atom stereocenters. The highest BCUT2D eigenvalue weighted by atomic mass is 16.5. The summed E-state index contributed by atoms with van der Waals surface area (Å²) in [6.45, 7) is 2.66. The number of carbonyl (C=O) groups is 1. The first-order valence-electron chi connectivity index (χ1n) is 9.31. The second-order valence-electron chi connectivity index (χ2n) is 7.44. The largest absolute Gasteiger partial charge is 0.381 e. The molecule has 124 valence electrons. The number of nitrogens with zero attached hydrogens (tertiary/aromatic N) is 1. The van der Waals surface area contributed by atoms with E-state index in [1.165, 1.54) is 44.1 Å². The molecule has 3 nitrogen and oxygen atoms in total. The molecule has 0 bridgehead atoms. The summed E-state index contributed by atoms with van der Waals surface area (Å²) in [4.78, 5) is 15.1. The molecular formula is C20H27NO2. The fraction of sp³-hybridized carbons (Fsp3) is 0.650. The van der Waals surface area contributed by atoms with Crippen molar-refractivity contribution in [1.82, 2.24) is 4.90 Å². The number of benzene rings is 1. The molecule has 2 saturated heterocycles. The van der Waals surface area contributed by atoms with E-state index in [-0.39, 0.29) is 5.91 Å². The normalized spacial score (nSPS) is 31.0. The van der Waals surface area contributed by atoms with Crippen molar-refractivity contribution in [1.29, 1.82) is 0 Å². The van der Waals surface area contributed by atoms with Crippen LogP contribution in [0.3, 0.4) is 0 Å². The van der Waals surface area contributed by atoms with E-state index in [0.717, 1.165) is 37.7 Å². The standard InChI is InChI=1S/C20H27NO2/c22-20(21-12-2-5-16-4-1-7-19(16)21)17-10-8-15(9-11-17)18-6-3-13-23-14-18/h8-11,16,18-19H,1-7,12-14H2.